The van der Waals surface area contributed by atoms with Gasteiger partial charge < -0.3 is 14.5 Å². The van der Waals surface area contributed by atoms with Crippen LogP contribution in [-0.2, 0) is 0 Å². The molecule has 0 spiro atoms. The Morgan fingerprint density at radius 3 is 2.53 bits per heavy atom. The van der Waals surface area contributed by atoms with Crippen LogP contribution in [0.3, 0.4) is 0 Å². The highest BCUT2D eigenvalue weighted by Gasteiger charge is 2.15. The average Bonchev–Trinajstić information content (AvgIpc) is 2.73. The summed E-state index contributed by atoms with van der Waals surface area (Å²) in [5.74, 6) is -0.00299. The first-order valence-electron chi connectivity index (χ1n) is 8.94. The average molecular weight is 440 g/mol. The molecule has 7 heteroatoms. The van der Waals surface area contributed by atoms with Crippen LogP contribution < -0.4 is 15.7 Å². The summed E-state index contributed by atoms with van der Waals surface area (Å²) in [5.41, 5.74) is 1.61. The summed E-state index contributed by atoms with van der Waals surface area (Å²) in [7, 11) is 1.47. The Balaban J connectivity index is 1.66. The van der Waals surface area contributed by atoms with Crippen LogP contribution in [0.4, 0.5) is 5.69 Å². The van der Waals surface area contributed by atoms with Crippen LogP contribution in [0.15, 0.2) is 75.9 Å². The number of rotatable bonds is 4. The normalized spacial score (nSPS) is 10.8. The number of para-hydroxylation sites is 1. The van der Waals surface area contributed by atoms with Crippen molar-refractivity contribution in [3.8, 4) is 16.9 Å². The molecule has 0 unspecified atom stereocenters. The number of nitrogens with one attached hydrogen (secondary N) is 1. The van der Waals surface area contributed by atoms with Crippen molar-refractivity contribution in [3.63, 3.8) is 0 Å². The fourth-order valence-corrected chi connectivity index (χ4v) is 3.57. The van der Waals surface area contributed by atoms with Gasteiger partial charge in [-0.15, -0.1) is 0 Å². The molecule has 1 amide bonds. The van der Waals surface area contributed by atoms with E-state index < -0.39 is 11.5 Å². The second-order valence-corrected chi connectivity index (χ2v) is 7.32. The second kappa shape index (κ2) is 8.22. The van der Waals surface area contributed by atoms with Gasteiger partial charge in [-0.2, -0.15) is 0 Å². The topological polar surface area (TPSA) is 68.5 Å². The van der Waals surface area contributed by atoms with E-state index in [1.807, 2.05) is 12.1 Å². The summed E-state index contributed by atoms with van der Waals surface area (Å²) in [4.78, 5) is 25.1. The number of methoxy groups -OCH3 is 1. The molecule has 0 aliphatic rings. The molecule has 0 saturated heterocycles. The van der Waals surface area contributed by atoms with Crippen LogP contribution in [0.25, 0.3) is 22.1 Å². The minimum Gasteiger partial charge on any atom is -0.496 e. The van der Waals surface area contributed by atoms with Gasteiger partial charge in [0.2, 0.25) is 0 Å². The van der Waals surface area contributed by atoms with Crippen molar-refractivity contribution >= 4 is 45.8 Å². The van der Waals surface area contributed by atoms with Crippen molar-refractivity contribution in [1.82, 2.24) is 0 Å². The fraction of sp³-hybridized carbons (Fsp3) is 0.0435. The molecule has 0 aliphatic carbocycles. The molecule has 1 N–H and O–H groups in total. The number of benzene rings is 3. The van der Waals surface area contributed by atoms with Crippen molar-refractivity contribution in [2.24, 2.45) is 0 Å². The Bertz CT molecular complexity index is 1330. The highest BCUT2D eigenvalue weighted by molar-refractivity contribution is 6.34. The van der Waals surface area contributed by atoms with E-state index in [4.69, 9.17) is 32.4 Å². The van der Waals surface area contributed by atoms with Gasteiger partial charge in [-0.1, -0.05) is 47.5 Å². The number of carbonyl (C=O) groups is 1. The van der Waals surface area contributed by atoms with Crippen LogP contribution in [0, 0.1) is 0 Å². The lowest BCUT2D eigenvalue weighted by Crippen LogP contribution is -2.13. The molecule has 5 nitrogen and oxygen atoms in total. The lowest BCUT2D eigenvalue weighted by molar-refractivity contribution is 0.102. The summed E-state index contributed by atoms with van der Waals surface area (Å²) in [6.45, 7) is 0. The summed E-state index contributed by atoms with van der Waals surface area (Å²) in [6, 6.07) is 18.6. The van der Waals surface area contributed by atoms with E-state index in [2.05, 4.69) is 5.32 Å². The number of halogens is 2. The third kappa shape index (κ3) is 3.90. The smallest absolute Gasteiger partial charge is 0.344 e. The Kier molecular flexibility index (Phi) is 5.48. The zero-order valence-electron chi connectivity index (χ0n) is 15.7. The van der Waals surface area contributed by atoms with Crippen molar-refractivity contribution in [2.45, 2.75) is 0 Å². The molecule has 0 fully saturated rings. The van der Waals surface area contributed by atoms with Crippen molar-refractivity contribution < 1.29 is 13.9 Å². The van der Waals surface area contributed by atoms with Crippen LogP contribution in [0.5, 0.6) is 5.75 Å². The molecular weight excluding hydrogens is 425 g/mol. The molecule has 150 valence electrons. The van der Waals surface area contributed by atoms with E-state index in [9.17, 15) is 9.59 Å². The van der Waals surface area contributed by atoms with E-state index in [0.717, 1.165) is 5.39 Å². The summed E-state index contributed by atoms with van der Waals surface area (Å²) in [6.07, 6.45) is 0. The molecule has 1 aromatic heterocycles. The van der Waals surface area contributed by atoms with Gasteiger partial charge in [0.25, 0.3) is 5.91 Å². The molecule has 4 rings (SSSR count). The lowest BCUT2D eigenvalue weighted by Gasteiger charge is -2.11. The Labute approximate surface area is 181 Å². The van der Waals surface area contributed by atoms with Crippen molar-refractivity contribution in [1.29, 1.82) is 0 Å². The number of fused-ring (bicyclic) bond motifs is 1. The minimum atomic E-state index is -0.490. The third-order valence-electron chi connectivity index (χ3n) is 4.56. The maximum Gasteiger partial charge on any atom is 0.344 e. The number of carbonyl (C=O) groups excluding carboxylic acids is 1. The predicted molar refractivity (Wildman–Crippen MR) is 119 cm³/mol. The van der Waals surface area contributed by atoms with Gasteiger partial charge in [0.1, 0.15) is 11.3 Å². The van der Waals surface area contributed by atoms with Gasteiger partial charge in [0.15, 0.2) is 0 Å². The van der Waals surface area contributed by atoms with Crippen LogP contribution in [-0.4, -0.2) is 13.0 Å². The molecule has 0 atom stereocenters. The second-order valence-electron chi connectivity index (χ2n) is 6.48. The number of anilines is 1. The maximum absolute atomic E-state index is 12.7. The largest absolute Gasteiger partial charge is 0.496 e. The van der Waals surface area contributed by atoms with Gasteiger partial charge in [-0.25, -0.2) is 4.79 Å². The van der Waals surface area contributed by atoms with Crippen LogP contribution in [0.2, 0.25) is 10.0 Å². The molecule has 4 aromatic rings. The molecule has 0 radical (unpaired) electrons. The molecule has 0 aliphatic heterocycles. The molecule has 0 bridgehead atoms. The monoisotopic (exact) mass is 439 g/mol. The zero-order valence-corrected chi connectivity index (χ0v) is 17.3. The number of amides is 1. The van der Waals surface area contributed by atoms with Crippen molar-refractivity contribution in [2.75, 3.05) is 12.4 Å². The quantitative estimate of drug-likeness (QED) is 0.394. The van der Waals surface area contributed by atoms with Crippen LogP contribution >= 0.6 is 23.2 Å². The molecular formula is C23H15Cl2NO4. The van der Waals surface area contributed by atoms with E-state index in [1.54, 1.807) is 48.5 Å². The Morgan fingerprint density at radius 2 is 1.77 bits per heavy atom. The van der Waals surface area contributed by atoms with Gasteiger partial charge in [0, 0.05) is 21.7 Å². The summed E-state index contributed by atoms with van der Waals surface area (Å²) < 4.78 is 10.6. The highest BCUT2D eigenvalue weighted by atomic mass is 35.5. The van der Waals surface area contributed by atoms with E-state index in [1.165, 1.54) is 13.2 Å². The summed E-state index contributed by atoms with van der Waals surface area (Å²) >= 11 is 12.4. The first kappa shape index (κ1) is 20.0. The Hall–Kier alpha value is -3.28. The first-order valence-corrected chi connectivity index (χ1v) is 9.69. The fourth-order valence-electron chi connectivity index (χ4n) is 3.12. The zero-order chi connectivity index (χ0) is 21.3. The highest BCUT2D eigenvalue weighted by Crippen LogP contribution is 2.31. The van der Waals surface area contributed by atoms with Gasteiger partial charge in [0.05, 0.1) is 23.3 Å². The predicted octanol–water partition coefficient (Wildman–Crippen LogP) is 6.03. The molecule has 3 aromatic carbocycles. The van der Waals surface area contributed by atoms with Gasteiger partial charge >= 0.3 is 5.63 Å². The first-order chi connectivity index (χ1) is 14.5. The number of hydrogen-bond donors (Lipinski definition) is 1. The van der Waals surface area contributed by atoms with E-state index in [0.29, 0.717) is 43.8 Å². The molecule has 30 heavy (non-hydrogen) atoms. The standard InChI is InChI=1S/C23H15Cl2NO4/c1-29-21-9-6-14(24)11-18(21)22(27)26-15-7-8-16(19(25)12-15)17-10-13-4-2-3-5-20(13)30-23(17)28/h2-12H,1H3,(H,26,27). The molecule has 0 saturated carbocycles. The lowest BCUT2D eigenvalue weighted by atomic mass is 10.1. The van der Waals surface area contributed by atoms with E-state index in [-0.39, 0.29) is 0 Å². The number of ether oxygens (including phenoxy) is 1. The van der Waals surface area contributed by atoms with E-state index >= 15 is 0 Å². The van der Waals surface area contributed by atoms with Gasteiger partial charge in [-0.3, -0.25) is 4.79 Å². The SMILES string of the molecule is COc1ccc(Cl)cc1C(=O)Nc1ccc(-c2cc3ccccc3oc2=O)c(Cl)c1. The maximum atomic E-state index is 12.7. The Morgan fingerprint density at radius 1 is 0.967 bits per heavy atom. The van der Waals surface area contributed by atoms with Crippen LogP contribution in [0.1, 0.15) is 10.4 Å². The summed E-state index contributed by atoms with van der Waals surface area (Å²) in [5, 5.41) is 4.26. The van der Waals surface area contributed by atoms with Gasteiger partial charge in [-0.05, 0) is 42.5 Å². The number of hydrogen-bond acceptors (Lipinski definition) is 4. The third-order valence-corrected chi connectivity index (χ3v) is 5.11. The van der Waals surface area contributed by atoms with Crippen molar-refractivity contribution in [3.05, 3.63) is 92.8 Å². The molecule has 1 heterocycles. The minimum absolute atomic E-state index is 0.292.